The van der Waals surface area contributed by atoms with Gasteiger partial charge in [0.25, 0.3) is 5.56 Å². The molecule has 0 saturated heterocycles. The molecule has 0 aliphatic rings. The Balaban J connectivity index is 1.86. The molecular formula is C24H21BrN4O. The fourth-order valence-electron chi connectivity index (χ4n) is 3.29. The first-order valence-electron chi connectivity index (χ1n) is 9.58. The minimum Gasteiger partial charge on any atom is -0.304 e. The summed E-state index contributed by atoms with van der Waals surface area (Å²) in [5.74, 6) is 0.547. The van der Waals surface area contributed by atoms with Crippen LogP contribution < -0.4 is 5.56 Å². The molecule has 0 spiro atoms. The van der Waals surface area contributed by atoms with E-state index >= 15 is 0 Å². The summed E-state index contributed by atoms with van der Waals surface area (Å²) < 4.78 is 2.46. The van der Waals surface area contributed by atoms with Crippen molar-refractivity contribution in [3.63, 3.8) is 0 Å². The number of fused-ring (bicyclic) bond motifs is 1. The van der Waals surface area contributed by atoms with Gasteiger partial charge in [0.1, 0.15) is 5.82 Å². The van der Waals surface area contributed by atoms with Crippen molar-refractivity contribution in [2.24, 2.45) is 0 Å². The van der Waals surface area contributed by atoms with Crippen LogP contribution in [0.5, 0.6) is 0 Å². The summed E-state index contributed by atoms with van der Waals surface area (Å²) in [4.78, 5) is 24.8. The van der Waals surface area contributed by atoms with Crippen LogP contribution in [-0.4, -0.2) is 33.5 Å². The van der Waals surface area contributed by atoms with Gasteiger partial charge in [-0.1, -0.05) is 30.3 Å². The highest BCUT2D eigenvalue weighted by Crippen LogP contribution is 2.22. The Labute approximate surface area is 183 Å². The van der Waals surface area contributed by atoms with Crippen LogP contribution in [0.15, 0.2) is 76.0 Å². The standard InChI is InChI=1S/C24H21BrN4O/c1-28(2)16-18-9-7-8-17(26-18)14-15-23-27-21-12-5-3-10-19(21)24(30)29(23)22-13-6-4-11-20(22)25/h3-15H,16H2,1-2H3/b15-14+. The summed E-state index contributed by atoms with van der Waals surface area (Å²) in [6.45, 7) is 0.761. The lowest BCUT2D eigenvalue weighted by Crippen LogP contribution is -2.22. The number of para-hydroxylation sites is 2. The number of benzene rings is 2. The largest absolute Gasteiger partial charge is 0.304 e. The third-order valence-electron chi connectivity index (χ3n) is 4.60. The molecular weight excluding hydrogens is 440 g/mol. The number of rotatable bonds is 5. The van der Waals surface area contributed by atoms with Crippen molar-refractivity contribution < 1.29 is 0 Å². The zero-order valence-corrected chi connectivity index (χ0v) is 18.4. The maximum atomic E-state index is 13.3. The molecule has 0 aliphatic heterocycles. The van der Waals surface area contributed by atoms with Crippen molar-refractivity contribution in [3.05, 3.63) is 98.8 Å². The van der Waals surface area contributed by atoms with Crippen molar-refractivity contribution in [2.75, 3.05) is 14.1 Å². The van der Waals surface area contributed by atoms with E-state index in [0.29, 0.717) is 16.7 Å². The highest BCUT2D eigenvalue weighted by molar-refractivity contribution is 9.10. The fourth-order valence-corrected chi connectivity index (χ4v) is 3.75. The van der Waals surface area contributed by atoms with Gasteiger partial charge in [0.15, 0.2) is 0 Å². The van der Waals surface area contributed by atoms with Crippen molar-refractivity contribution in [1.29, 1.82) is 0 Å². The van der Waals surface area contributed by atoms with Gasteiger partial charge < -0.3 is 4.90 Å². The molecule has 2 aromatic carbocycles. The highest BCUT2D eigenvalue weighted by atomic mass is 79.9. The molecule has 0 unspecified atom stereocenters. The quantitative estimate of drug-likeness (QED) is 0.430. The number of hydrogen-bond acceptors (Lipinski definition) is 4. The Kier molecular flexibility index (Phi) is 5.88. The van der Waals surface area contributed by atoms with Gasteiger partial charge in [-0.25, -0.2) is 4.98 Å². The lowest BCUT2D eigenvalue weighted by atomic mass is 10.2. The monoisotopic (exact) mass is 460 g/mol. The smallest absolute Gasteiger partial charge is 0.266 e. The summed E-state index contributed by atoms with van der Waals surface area (Å²) in [6.07, 6.45) is 3.73. The lowest BCUT2D eigenvalue weighted by Gasteiger charge is -2.13. The Morgan fingerprint density at radius 1 is 0.933 bits per heavy atom. The van der Waals surface area contributed by atoms with Crippen LogP contribution in [0.2, 0.25) is 0 Å². The molecule has 4 aromatic rings. The van der Waals surface area contributed by atoms with Crippen LogP contribution >= 0.6 is 15.9 Å². The molecule has 2 heterocycles. The predicted octanol–water partition coefficient (Wildman–Crippen LogP) is 4.78. The van der Waals surface area contributed by atoms with Crippen LogP contribution in [0.4, 0.5) is 0 Å². The van der Waals surface area contributed by atoms with E-state index < -0.39 is 0 Å². The highest BCUT2D eigenvalue weighted by Gasteiger charge is 2.13. The van der Waals surface area contributed by atoms with Crippen molar-refractivity contribution in [3.8, 4) is 5.69 Å². The molecule has 150 valence electrons. The molecule has 6 heteroatoms. The second-order valence-corrected chi connectivity index (χ2v) is 8.06. The van der Waals surface area contributed by atoms with Crippen molar-refractivity contribution in [2.45, 2.75) is 6.54 Å². The van der Waals surface area contributed by atoms with Crippen molar-refractivity contribution >= 4 is 39.0 Å². The maximum Gasteiger partial charge on any atom is 0.266 e. The molecule has 0 amide bonds. The Bertz CT molecular complexity index is 1290. The van der Waals surface area contributed by atoms with E-state index in [4.69, 9.17) is 4.98 Å². The molecule has 30 heavy (non-hydrogen) atoms. The van der Waals surface area contributed by atoms with E-state index in [-0.39, 0.29) is 5.56 Å². The topological polar surface area (TPSA) is 51.0 Å². The van der Waals surface area contributed by atoms with Gasteiger partial charge in [-0.05, 0) is 78.6 Å². The predicted molar refractivity (Wildman–Crippen MR) is 126 cm³/mol. The van der Waals surface area contributed by atoms with E-state index in [1.165, 1.54) is 0 Å². The zero-order chi connectivity index (χ0) is 21.1. The van der Waals surface area contributed by atoms with Crippen LogP contribution in [-0.2, 0) is 6.54 Å². The number of aromatic nitrogens is 3. The van der Waals surface area contributed by atoms with Crippen LogP contribution in [0, 0.1) is 0 Å². The van der Waals surface area contributed by atoms with Crippen LogP contribution in [0.1, 0.15) is 17.2 Å². The molecule has 0 saturated carbocycles. The van der Waals surface area contributed by atoms with E-state index in [9.17, 15) is 4.79 Å². The average molecular weight is 461 g/mol. The third kappa shape index (κ3) is 4.25. The van der Waals surface area contributed by atoms with E-state index in [0.717, 1.165) is 28.1 Å². The first-order chi connectivity index (χ1) is 14.5. The summed E-state index contributed by atoms with van der Waals surface area (Å²) >= 11 is 3.57. The molecule has 0 fully saturated rings. The SMILES string of the molecule is CN(C)Cc1cccc(/C=C/c2nc3ccccc3c(=O)n2-c2ccccc2Br)n1. The molecule has 0 radical (unpaired) electrons. The molecule has 0 atom stereocenters. The first kappa shape index (κ1) is 20.2. The molecule has 0 N–H and O–H groups in total. The molecule has 4 rings (SSSR count). The number of halogens is 1. The molecule has 5 nitrogen and oxygen atoms in total. The summed E-state index contributed by atoms with van der Waals surface area (Å²) in [6, 6.07) is 21.0. The van der Waals surface area contributed by atoms with Gasteiger partial charge in [-0.3, -0.25) is 14.3 Å². The minimum atomic E-state index is -0.110. The zero-order valence-electron chi connectivity index (χ0n) is 16.8. The Morgan fingerprint density at radius 3 is 2.50 bits per heavy atom. The van der Waals surface area contributed by atoms with E-state index in [2.05, 4.69) is 25.8 Å². The normalized spacial score (nSPS) is 11.6. The van der Waals surface area contributed by atoms with Crippen LogP contribution in [0.3, 0.4) is 0 Å². The summed E-state index contributed by atoms with van der Waals surface area (Å²) in [7, 11) is 4.03. The average Bonchev–Trinajstić information content (AvgIpc) is 2.73. The minimum absolute atomic E-state index is 0.110. The lowest BCUT2D eigenvalue weighted by molar-refractivity contribution is 0.397. The van der Waals surface area contributed by atoms with Gasteiger partial charge in [0, 0.05) is 11.0 Å². The number of nitrogens with zero attached hydrogens (tertiary/aromatic N) is 4. The van der Waals surface area contributed by atoms with Gasteiger partial charge in [-0.15, -0.1) is 0 Å². The molecule has 2 aromatic heterocycles. The van der Waals surface area contributed by atoms with Gasteiger partial charge in [0.05, 0.1) is 28.0 Å². The fraction of sp³-hybridized carbons (Fsp3) is 0.125. The molecule has 0 aliphatic carbocycles. The van der Waals surface area contributed by atoms with Crippen LogP contribution in [0.25, 0.3) is 28.7 Å². The third-order valence-corrected chi connectivity index (χ3v) is 5.28. The summed E-state index contributed by atoms with van der Waals surface area (Å²) in [5.41, 5.74) is 3.10. The number of pyridine rings is 1. The Morgan fingerprint density at radius 2 is 1.70 bits per heavy atom. The van der Waals surface area contributed by atoms with E-state index in [1.807, 2.05) is 86.9 Å². The van der Waals surface area contributed by atoms with Gasteiger partial charge in [-0.2, -0.15) is 0 Å². The second-order valence-electron chi connectivity index (χ2n) is 7.20. The molecule has 0 bridgehead atoms. The second kappa shape index (κ2) is 8.73. The van der Waals surface area contributed by atoms with Gasteiger partial charge in [0.2, 0.25) is 0 Å². The maximum absolute atomic E-state index is 13.3. The first-order valence-corrected chi connectivity index (χ1v) is 10.4. The number of hydrogen-bond donors (Lipinski definition) is 0. The Hall–Kier alpha value is -3.09. The van der Waals surface area contributed by atoms with E-state index in [1.54, 1.807) is 10.6 Å². The summed E-state index contributed by atoms with van der Waals surface area (Å²) in [5, 5.41) is 0.580. The van der Waals surface area contributed by atoms with Crippen molar-refractivity contribution in [1.82, 2.24) is 19.4 Å². The van der Waals surface area contributed by atoms with Gasteiger partial charge >= 0.3 is 0 Å².